The number of benzene rings is 2. The maximum Gasteiger partial charge on any atom is 0.256 e. The third-order valence-corrected chi connectivity index (χ3v) is 6.83. The molecule has 2 fully saturated rings. The van der Waals surface area contributed by atoms with Gasteiger partial charge in [-0.2, -0.15) is 0 Å². The molecule has 2 aliphatic rings. The summed E-state index contributed by atoms with van der Waals surface area (Å²) in [7, 11) is 2.10. The minimum Gasteiger partial charge on any atom is -0.335 e. The maximum absolute atomic E-state index is 13.5. The zero-order valence-corrected chi connectivity index (χ0v) is 20.5. The number of nitrogens with zero attached hydrogens (tertiary/aromatic N) is 4. The largest absolute Gasteiger partial charge is 0.335 e. The zero-order chi connectivity index (χ0) is 24.2. The molecule has 0 aliphatic carbocycles. The lowest BCUT2D eigenvalue weighted by Gasteiger charge is -2.34. The van der Waals surface area contributed by atoms with E-state index in [0.29, 0.717) is 28.1 Å². The van der Waals surface area contributed by atoms with Crippen molar-refractivity contribution in [1.29, 1.82) is 0 Å². The molecule has 0 bridgehead atoms. The second-order valence-electron chi connectivity index (χ2n) is 8.55. The molecule has 34 heavy (non-hydrogen) atoms. The number of piperazine rings is 1. The predicted molar refractivity (Wildman–Crippen MR) is 136 cm³/mol. The van der Waals surface area contributed by atoms with Crippen LogP contribution in [0, 0.1) is 5.82 Å². The molecule has 0 unspecified atom stereocenters. The summed E-state index contributed by atoms with van der Waals surface area (Å²) in [4.78, 5) is 34.1. The molecule has 2 amide bonds. The van der Waals surface area contributed by atoms with E-state index in [-0.39, 0.29) is 18.2 Å². The minimum absolute atomic E-state index is 0.0535. The summed E-state index contributed by atoms with van der Waals surface area (Å²) in [5, 5.41) is 3.72. The Kier molecular flexibility index (Phi) is 7.77. The number of halogens is 2. The van der Waals surface area contributed by atoms with E-state index >= 15 is 0 Å². The molecule has 0 saturated carbocycles. The van der Waals surface area contributed by atoms with Crippen LogP contribution in [-0.2, 0) is 9.59 Å². The number of anilines is 2. The second-order valence-corrected chi connectivity index (χ2v) is 9.35. The monoisotopic (exact) mass is 503 g/mol. The molecule has 0 aromatic heterocycles. The molecule has 10 heteroatoms. The number of carbonyl (C=O) groups excluding carboxylic acids is 2. The standard InChI is InChI=1S/C24H27ClFN5O2S/c1-28-10-12-29(13-11-28)14-15-30-21(16-22(32)27-19-6-2-17(25)3-7-19)23(33)31(24(30)34)20-8-4-18(26)5-9-20/h2-9,21H,10-16H2,1H3,(H,27,32)/t21-/m0/s1. The number of carbonyl (C=O) groups is 2. The zero-order valence-electron chi connectivity index (χ0n) is 18.9. The van der Waals surface area contributed by atoms with Crippen molar-refractivity contribution in [3.05, 3.63) is 59.4 Å². The van der Waals surface area contributed by atoms with E-state index in [1.54, 1.807) is 24.3 Å². The smallest absolute Gasteiger partial charge is 0.256 e. The van der Waals surface area contributed by atoms with Crippen LogP contribution in [-0.4, -0.2) is 84.0 Å². The van der Waals surface area contributed by atoms with Gasteiger partial charge in [0.2, 0.25) is 5.91 Å². The molecule has 2 aromatic rings. The van der Waals surface area contributed by atoms with Gasteiger partial charge in [0.1, 0.15) is 11.9 Å². The highest BCUT2D eigenvalue weighted by Gasteiger charge is 2.44. The quantitative estimate of drug-likeness (QED) is 0.586. The fourth-order valence-electron chi connectivity index (χ4n) is 4.16. The Morgan fingerprint density at radius 3 is 2.35 bits per heavy atom. The first kappa shape index (κ1) is 24.5. The first-order valence-electron chi connectivity index (χ1n) is 11.2. The van der Waals surface area contributed by atoms with E-state index in [1.807, 2.05) is 4.90 Å². The predicted octanol–water partition coefficient (Wildman–Crippen LogP) is 3.06. The normalized spacial score (nSPS) is 19.7. The Hall–Kier alpha value is -2.59. The van der Waals surface area contributed by atoms with Crippen LogP contribution in [0.3, 0.4) is 0 Å². The summed E-state index contributed by atoms with van der Waals surface area (Å²) in [6.07, 6.45) is -0.0535. The summed E-state index contributed by atoms with van der Waals surface area (Å²) in [6, 6.07) is 11.7. The summed E-state index contributed by atoms with van der Waals surface area (Å²) in [5.41, 5.74) is 1.09. The van der Waals surface area contributed by atoms with Gasteiger partial charge < -0.3 is 15.1 Å². The molecular formula is C24H27ClFN5O2S. The Morgan fingerprint density at radius 2 is 1.71 bits per heavy atom. The second kappa shape index (κ2) is 10.8. The minimum atomic E-state index is -0.739. The van der Waals surface area contributed by atoms with Gasteiger partial charge in [0.15, 0.2) is 5.11 Å². The fourth-order valence-corrected chi connectivity index (χ4v) is 4.70. The summed E-state index contributed by atoms with van der Waals surface area (Å²) in [6.45, 7) is 5.09. The number of likely N-dealkylation sites (N-methyl/N-ethyl adjacent to an activating group) is 1. The SMILES string of the molecule is CN1CCN(CCN2C(=S)N(c3ccc(F)cc3)C(=O)[C@@H]2CC(=O)Nc2ccc(Cl)cc2)CC1. The van der Waals surface area contributed by atoms with Crippen LogP contribution in [0.5, 0.6) is 0 Å². The van der Waals surface area contributed by atoms with Gasteiger partial charge in [-0.25, -0.2) is 4.39 Å². The van der Waals surface area contributed by atoms with Gasteiger partial charge >= 0.3 is 0 Å². The first-order valence-corrected chi connectivity index (χ1v) is 12.0. The highest BCUT2D eigenvalue weighted by molar-refractivity contribution is 7.80. The van der Waals surface area contributed by atoms with Gasteiger partial charge in [-0.3, -0.25) is 19.4 Å². The first-order chi connectivity index (χ1) is 16.3. The van der Waals surface area contributed by atoms with Crippen molar-refractivity contribution < 1.29 is 14.0 Å². The molecule has 7 nitrogen and oxygen atoms in total. The molecule has 0 radical (unpaired) electrons. The number of hydrogen-bond acceptors (Lipinski definition) is 5. The average Bonchev–Trinajstić information content (AvgIpc) is 3.04. The Morgan fingerprint density at radius 1 is 1.06 bits per heavy atom. The van der Waals surface area contributed by atoms with Crippen LogP contribution in [0.25, 0.3) is 0 Å². The number of rotatable bonds is 7. The van der Waals surface area contributed by atoms with Crippen molar-refractivity contribution >= 4 is 52.1 Å². The Labute approximate surface area is 209 Å². The van der Waals surface area contributed by atoms with Gasteiger partial charge in [-0.15, -0.1) is 0 Å². The van der Waals surface area contributed by atoms with Crippen molar-refractivity contribution in [2.75, 3.05) is 56.5 Å². The van der Waals surface area contributed by atoms with Crippen LogP contribution in [0.2, 0.25) is 5.02 Å². The van der Waals surface area contributed by atoms with Crippen LogP contribution >= 0.6 is 23.8 Å². The van der Waals surface area contributed by atoms with Gasteiger partial charge in [0.05, 0.1) is 12.1 Å². The average molecular weight is 504 g/mol. The summed E-state index contributed by atoms with van der Waals surface area (Å²) >= 11 is 11.6. The van der Waals surface area contributed by atoms with Crippen LogP contribution in [0.15, 0.2) is 48.5 Å². The van der Waals surface area contributed by atoms with Gasteiger partial charge in [-0.1, -0.05) is 11.6 Å². The van der Waals surface area contributed by atoms with Crippen molar-refractivity contribution in [3.8, 4) is 0 Å². The fraction of sp³-hybridized carbons (Fsp3) is 0.375. The Bertz CT molecular complexity index is 1040. The molecule has 2 aromatic carbocycles. The van der Waals surface area contributed by atoms with Gasteiger partial charge in [0.25, 0.3) is 5.91 Å². The number of nitrogens with one attached hydrogen (secondary N) is 1. The molecule has 4 rings (SSSR count). The summed E-state index contributed by atoms with van der Waals surface area (Å²) in [5.74, 6) is -0.984. The molecule has 2 aliphatic heterocycles. The molecule has 2 saturated heterocycles. The lowest BCUT2D eigenvalue weighted by molar-refractivity contribution is -0.124. The molecule has 180 valence electrons. The topological polar surface area (TPSA) is 59.1 Å². The molecule has 1 atom stereocenters. The van der Waals surface area contributed by atoms with E-state index in [2.05, 4.69) is 22.2 Å². The van der Waals surface area contributed by atoms with E-state index < -0.39 is 11.9 Å². The van der Waals surface area contributed by atoms with Gasteiger partial charge in [0, 0.05) is 50.0 Å². The molecule has 2 heterocycles. The Balaban J connectivity index is 1.50. The van der Waals surface area contributed by atoms with Gasteiger partial charge in [-0.05, 0) is 67.8 Å². The van der Waals surface area contributed by atoms with E-state index in [4.69, 9.17) is 23.8 Å². The number of hydrogen-bond donors (Lipinski definition) is 1. The van der Waals surface area contributed by atoms with Crippen molar-refractivity contribution in [3.63, 3.8) is 0 Å². The van der Waals surface area contributed by atoms with Crippen molar-refractivity contribution in [2.24, 2.45) is 0 Å². The van der Waals surface area contributed by atoms with E-state index in [9.17, 15) is 14.0 Å². The van der Waals surface area contributed by atoms with Crippen LogP contribution < -0.4 is 10.2 Å². The maximum atomic E-state index is 13.5. The molecular weight excluding hydrogens is 477 g/mol. The lowest BCUT2D eigenvalue weighted by Crippen LogP contribution is -2.48. The highest BCUT2D eigenvalue weighted by atomic mass is 35.5. The third-order valence-electron chi connectivity index (χ3n) is 6.16. The van der Waals surface area contributed by atoms with E-state index in [1.165, 1.54) is 29.2 Å². The third kappa shape index (κ3) is 5.72. The number of amides is 2. The lowest BCUT2D eigenvalue weighted by atomic mass is 10.1. The molecule has 1 N–H and O–H groups in total. The van der Waals surface area contributed by atoms with E-state index in [0.717, 1.165) is 32.7 Å². The van der Waals surface area contributed by atoms with Crippen molar-refractivity contribution in [1.82, 2.24) is 14.7 Å². The van der Waals surface area contributed by atoms with Crippen LogP contribution in [0.4, 0.5) is 15.8 Å². The van der Waals surface area contributed by atoms with Crippen molar-refractivity contribution in [2.45, 2.75) is 12.5 Å². The van der Waals surface area contributed by atoms with Crippen LogP contribution in [0.1, 0.15) is 6.42 Å². The number of thiocarbonyl (C=S) groups is 1. The summed E-state index contributed by atoms with van der Waals surface area (Å²) < 4.78 is 13.5. The highest BCUT2D eigenvalue weighted by Crippen LogP contribution is 2.28. The molecule has 0 spiro atoms.